The number of aromatic nitrogens is 2. The van der Waals surface area contributed by atoms with Crippen molar-refractivity contribution in [3.63, 3.8) is 0 Å². The predicted octanol–water partition coefficient (Wildman–Crippen LogP) is 1.18. The van der Waals surface area contributed by atoms with Gasteiger partial charge in [-0.05, 0) is 31.6 Å². The Kier molecular flexibility index (Phi) is 4.55. The van der Waals surface area contributed by atoms with Crippen molar-refractivity contribution in [2.75, 3.05) is 0 Å². The molecule has 15 heavy (non-hydrogen) atoms. The summed E-state index contributed by atoms with van der Waals surface area (Å²) in [5, 5.41) is 11.1. The summed E-state index contributed by atoms with van der Waals surface area (Å²) >= 11 is 5.16. The lowest BCUT2D eigenvalue weighted by molar-refractivity contribution is 0.625. The van der Waals surface area contributed by atoms with Crippen LogP contribution in [0.1, 0.15) is 26.0 Å². The van der Waals surface area contributed by atoms with Gasteiger partial charge in [0.25, 0.3) is 0 Å². The number of hydrogen-bond donors (Lipinski definition) is 2. The van der Waals surface area contributed by atoms with Crippen molar-refractivity contribution in [2.24, 2.45) is 7.05 Å². The fraction of sp³-hybridized carbons (Fsp3) is 0.600. The van der Waals surface area contributed by atoms with E-state index in [0.29, 0.717) is 17.7 Å². The summed E-state index contributed by atoms with van der Waals surface area (Å²) in [5.74, 6) is 0. The van der Waals surface area contributed by atoms with Crippen LogP contribution in [-0.4, -0.2) is 20.9 Å². The maximum Gasteiger partial charge on any atom is 0.166 e. The summed E-state index contributed by atoms with van der Waals surface area (Å²) in [5.41, 5.74) is 1.11. The molecule has 1 aromatic rings. The highest BCUT2D eigenvalue weighted by atomic mass is 32.1. The Morgan fingerprint density at radius 1 is 1.67 bits per heavy atom. The zero-order valence-electron chi connectivity index (χ0n) is 9.45. The molecule has 0 saturated carbocycles. The minimum atomic E-state index is 0.413. The summed E-state index contributed by atoms with van der Waals surface area (Å²) in [6, 6.07) is 2.38. The van der Waals surface area contributed by atoms with Crippen molar-refractivity contribution < 1.29 is 0 Å². The lowest BCUT2D eigenvalue weighted by Crippen LogP contribution is -2.40. The molecule has 2 N–H and O–H groups in total. The summed E-state index contributed by atoms with van der Waals surface area (Å²) in [6.45, 7) is 4.94. The second-order valence-electron chi connectivity index (χ2n) is 3.58. The highest BCUT2D eigenvalue weighted by Crippen LogP contribution is 1.95. The van der Waals surface area contributed by atoms with Gasteiger partial charge in [-0.15, -0.1) is 0 Å². The van der Waals surface area contributed by atoms with Crippen molar-refractivity contribution >= 4 is 17.3 Å². The Morgan fingerprint density at radius 3 is 2.93 bits per heavy atom. The molecule has 0 radical (unpaired) electrons. The van der Waals surface area contributed by atoms with Gasteiger partial charge in [-0.1, -0.05) is 6.92 Å². The van der Waals surface area contributed by atoms with Gasteiger partial charge < -0.3 is 10.6 Å². The molecule has 1 rings (SSSR count). The number of aryl methyl sites for hydroxylation is 1. The first kappa shape index (κ1) is 12.0. The maximum atomic E-state index is 5.16. The largest absolute Gasteiger partial charge is 0.360 e. The number of thiocarbonyl (C=S) groups is 1. The van der Waals surface area contributed by atoms with E-state index in [2.05, 4.69) is 29.6 Å². The lowest BCUT2D eigenvalue weighted by atomic mass is 10.3. The first-order valence-corrected chi connectivity index (χ1v) is 5.55. The van der Waals surface area contributed by atoms with Crippen molar-refractivity contribution in [1.29, 1.82) is 0 Å². The van der Waals surface area contributed by atoms with Crippen LogP contribution in [0, 0.1) is 0 Å². The molecule has 0 spiro atoms. The van der Waals surface area contributed by atoms with Gasteiger partial charge in [0.2, 0.25) is 0 Å². The summed E-state index contributed by atoms with van der Waals surface area (Å²) in [7, 11) is 1.92. The minimum absolute atomic E-state index is 0.413. The summed E-state index contributed by atoms with van der Waals surface area (Å²) in [4.78, 5) is 0. The smallest absolute Gasteiger partial charge is 0.166 e. The predicted molar refractivity (Wildman–Crippen MR) is 65.5 cm³/mol. The molecule has 1 atom stereocenters. The van der Waals surface area contributed by atoms with Crippen LogP contribution in [0.5, 0.6) is 0 Å². The zero-order valence-corrected chi connectivity index (χ0v) is 10.3. The van der Waals surface area contributed by atoms with Gasteiger partial charge in [0.05, 0.1) is 12.2 Å². The molecule has 0 bridgehead atoms. The van der Waals surface area contributed by atoms with Crippen LogP contribution in [-0.2, 0) is 13.6 Å². The van der Waals surface area contributed by atoms with Gasteiger partial charge in [0.15, 0.2) is 5.11 Å². The Morgan fingerprint density at radius 2 is 2.40 bits per heavy atom. The van der Waals surface area contributed by atoms with E-state index >= 15 is 0 Å². The molecular formula is C10H18N4S. The maximum absolute atomic E-state index is 5.16. The van der Waals surface area contributed by atoms with Crippen LogP contribution in [0.2, 0.25) is 0 Å². The molecule has 0 fully saturated rings. The van der Waals surface area contributed by atoms with E-state index in [9.17, 15) is 0 Å². The molecule has 0 aliphatic heterocycles. The average molecular weight is 226 g/mol. The Hall–Kier alpha value is -1.10. The molecule has 4 nitrogen and oxygen atoms in total. The molecule has 5 heteroatoms. The highest BCUT2D eigenvalue weighted by molar-refractivity contribution is 7.80. The summed E-state index contributed by atoms with van der Waals surface area (Å²) in [6.07, 6.45) is 2.84. The second kappa shape index (κ2) is 5.70. The minimum Gasteiger partial charge on any atom is -0.360 e. The van der Waals surface area contributed by atoms with E-state index in [4.69, 9.17) is 12.2 Å². The molecule has 0 saturated heterocycles. The SMILES string of the molecule is CCC(C)NC(=S)NCc1ccnn1C. The number of nitrogens with one attached hydrogen (secondary N) is 2. The first-order valence-electron chi connectivity index (χ1n) is 5.14. The topological polar surface area (TPSA) is 41.9 Å². The van der Waals surface area contributed by atoms with Crippen molar-refractivity contribution in [2.45, 2.75) is 32.9 Å². The first-order chi connectivity index (χ1) is 7.13. The molecule has 84 valence electrons. The lowest BCUT2D eigenvalue weighted by Gasteiger charge is -2.15. The van der Waals surface area contributed by atoms with Gasteiger partial charge in [0, 0.05) is 19.3 Å². The monoisotopic (exact) mass is 226 g/mol. The Bertz CT molecular complexity index is 321. The van der Waals surface area contributed by atoms with Crippen LogP contribution in [0.15, 0.2) is 12.3 Å². The van der Waals surface area contributed by atoms with E-state index in [0.717, 1.165) is 12.1 Å². The average Bonchev–Trinajstić information content (AvgIpc) is 2.61. The zero-order chi connectivity index (χ0) is 11.3. The number of hydrogen-bond acceptors (Lipinski definition) is 2. The fourth-order valence-corrected chi connectivity index (χ4v) is 1.40. The molecule has 0 aliphatic rings. The normalized spacial score (nSPS) is 12.2. The van der Waals surface area contributed by atoms with E-state index in [1.165, 1.54) is 0 Å². The Labute approximate surface area is 96.1 Å². The fourth-order valence-electron chi connectivity index (χ4n) is 1.12. The van der Waals surface area contributed by atoms with Crippen molar-refractivity contribution in [3.05, 3.63) is 18.0 Å². The van der Waals surface area contributed by atoms with Gasteiger partial charge >= 0.3 is 0 Å². The van der Waals surface area contributed by atoms with Gasteiger partial charge in [0.1, 0.15) is 0 Å². The highest BCUT2D eigenvalue weighted by Gasteiger charge is 2.02. The number of rotatable bonds is 4. The third-order valence-corrected chi connectivity index (χ3v) is 2.60. The van der Waals surface area contributed by atoms with E-state index < -0.39 is 0 Å². The molecular weight excluding hydrogens is 208 g/mol. The van der Waals surface area contributed by atoms with Crippen LogP contribution in [0.3, 0.4) is 0 Å². The standard InChI is InChI=1S/C10H18N4S/c1-4-8(2)13-10(15)11-7-9-5-6-12-14(9)3/h5-6,8H,4,7H2,1-3H3,(H2,11,13,15). The molecule has 0 aromatic carbocycles. The van der Waals surface area contributed by atoms with Crippen LogP contribution in [0.4, 0.5) is 0 Å². The Balaban J connectivity index is 2.31. The van der Waals surface area contributed by atoms with Gasteiger partial charge in [-0.25, -0.2) is 0 Å². The number of nitrogens with zero attached hydrogens (tertiary/aromatic N) is 2. The molecule has 1 heterocycles. The molecule has 0 aliphatic carbocycles. The molecule has 1 unspecified atom stereocenters. The third kappa shape index (κ3) is 3.87. The third-order valence-electron chi connectivity index (χ3n) is 2.34. The van der Waals surface area contributed by atoms with E-state index in [-0.39, 0.29) is 0 Å². The molecule has 1 aromatic heterocycles. The molecule has 0 amide bonds. The van der Waals surface area contributed by atoms with E-state index in [1.54, 1.807) is 6.20 Å². The van der Waals surface area contributed by atoms with Gasteiger partial charge in [-0.3, -0.25) is 4.68 Å². The van der Waals surface area contributed by atoms with Crippen molar-refractivity contribution in [1.82, 2.24) is 20.4 Å². The van der Waals surface area contributed by atoms with E-state index in [1.807, 2.05) is 17.8 Å². The van der Waals surface area contributed by atoms with Crippen LogP contribution < -0.4 is 10.6 Å². The van der Waals surface area contributed by atoms with Crippen LogP contribution >= 0.6 is 12.2 Å². The second-order valence-corrected chi connectivity index (χ2v) is 3.99. The van der Waals surface area contributed by atoms with Crippen LogP contribution in [0.25, 0.3) is 0 Å². The summed E-state index contributed by atoms with van der Waals surface area (Å²) < 4.78 is 1.83. The van der Waals surface area contributed by atoms with Gasteiger partial charge in [-0.2, -0.15) is 5.10 Å². The van der Waals surface area contributed by atoms with Crippen molar-refractivity contribution in [3.8, 4) is 0 Å². The quantitative estimate of drug-likeness (QED) is 0.757.